The molecule has 0 aliphatic heterocycles. The summed E-state index contributed by atoms with van der Waals surface area (Å²) < 4.78 is 7.13. The van der Waals surface area contributed by atoms with Crippen molar-refractivity contribution in [2.24, 2.45) is 0 Å². The molecule has 1 amide bonds. The van der Waals surface area contributed by atoms with Gasteiger partial charge in [-0.25, -0.2) is 4.98 Å². The Kier molecular flexibility index (Phi) is 6.73. The zero-order valence-electron chi connectivity index (χ0n) is 15.9. The Morgan fingerprint density at radius 2 is 2.04 bits per heavy atom. The van der Waals surface area contributed by atoms with Gasteiger partial charge in [0.1, 0.15) is 5.75 Å². The SMILES string of the molecule is COc1cccc(NC(=O)CSc2nc(CO)cn2Cc2ccc(C)cc2)c1. The van der Waals surface area contributed by atoms with Crippen LogP contribution in [0.15, 0.2) is 59.9 Å². The Morgan fingerprint density at radius 1 is 1.25 bits per heavy atom. The third-order valence-corrected chi connectivity index (χ3v) is 5.10. The topological polar surface area (TPSA) is 76.4 Å². The third-order valence-electron chi connectivity index (χ3n) is 4.11. The molecule has 28 heavy (non-hydrogen) atoms. The van der Waals surface area contributed by atoms with Crippen molar-refractivity contribution in [1.29, 1.82) is 0 Å². The molecule has 0 saturated heterocycles. The predicted octanol–water partition coefficient (Wildman–Crippen LogP) is 3.47. The van der Waals surface area contributed by atoms with E-state index in [-0.39, 0.29) is 18.3 Å². The summed E-state index contributed by atoms with van der Waals surface area (Å²) in [6, 6.07) is 15.5. The highest BCUT2D eigenvalue weighted by Crippen LogP contribution is 2.21. The zero-order valence-corrected chi connectivity index (χ0v) is 16.7. The number of aliphatic hydroxyl groups excluding tert-OH is 1. The lowest BCUT2D eigenvalue weighted by molar-refractivity contribution is -0.113. The van der Waals surface area contributed by atoms with Gasteiger partial charge in [-0.3, -0.25) is 4.79 Å². The van der Waals surface area contributed by atoms with Crippen molar-refractivity contribution in [1.82, 2.24) is 9.55 Å². The molecule has 146 valence electrons. The Labute approximate surface area is 168 Å². The molecule has 0 radical (unpaired) electrons. The van der Waals surface area contributed by atoms with Crippen LogP contribution in [-0.4, -0.2) is 33.4 Å². The summed E-state index contributed by atoms with van der Waals surface area (Å²) in [6.45, 7) is 2.55. The molecule has 0 spiro atoms. The molecular weight excluding hydrogens is 374 g/mol. The van der Waals surface area contributed by atoms with Crippen LogP contribution in [0.1, 0.15) is 16.8 Å². The maximum Gasteiger partial charge on any atom is 0.234 e. The Morgan fingerprint density at radius 3 is 2.75 bits per heavy atom. The largest absolute Gasteiger partial charge is 0.497 e. The minimum absolute atomic E-state index is 0.131. The summed E-state index contributed by atoms with van der Waals surface area (Å²) >= 11 is 1.34. The second-order valence-electron chi connectivity index (χ2n) is 6.36. The summed E-state index contributed by atoms with van der Waals surface area (Å²) in [6.07, 6.45) is 1.82. The zero-order chi connectivity index (χ0) is 19.9. The molecule has 0 aliphatic rings. The molecule has 6 nitrogen and oxygen atoms in total. The summed E-state index contributed by atoms with van der Waals surface area (Å²) in [7, 11) is 1.59. The Balaban J connectivity index is 1.65. The van der Waals surface area contributed by atoms with Crippen molar-refractivity contribution < 1.29 is 14.6 Å². The normalized spacial score (nSPS) is 10.7. The van der Waals surface area contributed by atoms with Gasteiger partial charge in [0.05, 0.1) is 25.2 Å². The number of hydrogen-bond acceptors (Lipinski definition) is 5. The van der Waals surface area contributed by atoms with Crippen molar-refractivity contribution in [3.05, 3.63) is 71.5 Å². The number of benzene rings is 2. The number of ether oxygens (including phenoxy) is 1. The number of aromatic nitrogens is 2. The van der Waals surface area contributed by atoms with Crippen LogP contribution in [-0.2, 0) is 17.9 Å². The number of carbonyl (C=O) groups excluding carboxylic acids is 1. The molecule has 0 bridgehead atoms. The minimum Gasteiger partial charge on any atom is -0.497 e. The van der Waals surface area contributed by atoms with Gasteiger partial charge in [-0.15, -0.1) is 0 Å². The Bertz CT molecular complexity index is 938. The van der Waals surface area contributed by atoms with E-state index in [1.807, 2.05) is 35.9 Å². The van der Waals surface area contributed by atoms with Crippen LogP contribution in [0, 0.1) is 6.92 Å². The molecule has 0 fully saturated rings. The first kappa shape index (κ1) is 20.0. The number of aliphatic hydroxyl groups is 1. The standard InChI is InChI=1S/C21H23N3O3S/c1-15-6-8-16(9-7-15)11-24-12-18(13-25)23-21(24)28-14-20(26)22-17-4-3-5-19(10-17)27-2/h3-10,12,25H,11,13-14H2,1-2H3,(H,22,26). The number of hydrogen-bond donors (Lipinski definition) is 2. The molecule has 2 aromatic carbocycles. The first-order valence-electron chi connectivity index (χ1n) is 8.86. The van der Waals surface area contributed by atoms with Gasteiger partial charge < -0.3 is 19.7 Å². The average Bonchev–Trinajstić information content (AvgIpc) is 3.10. The number of anilines is 1. The van der Waals surface area contributed by atoms with E-state index in [0.29, 0.717) is 28.8 Å². The second kappa shape index (κ2) is 9.43. The number of nitrogens with zero attached hydrogens (tertiary/aromatic N) is 2. The summed E-state index contributed by atoms with van der Waals surface area (Å²) in [5, 5.41) is 13.0. The third kappa shape index (κ3) is 5.37. The smallest absolute Gasteiger partial charge is 0.234 e. The van der Waals surface area contributed by atoms with E-state index in [2.05, 4.69) is 34.6 Å². The first-order valence-corrected chi connectivity index (χ1v) is 9.85. The number of methoxy groups -OCH3 is 1. The van der Waals surface area contributed by atoms with Crippen LogP contribution in [0.25, 0.3) is 0 Å². The number of nitrogens with one attached hydrogen (secondary N) is 1. The molecule has 7 heteroatoms. The molecule has 0 aliphatic carbocycles. The number of imidazole rings is 1. The van der Waals surface area contributed by atoms with Gasteiger partial charge in [0.15, 0.2) is 5.16 Å². The lowest BCUT2D eigenvalue weighted by atomic mass is 10.1. The van der Waals surface area contributed by atoms with E-state index in [0.717, 1.165) is 5.56 Å². The lowest BCUT2D eigenvalue weighted by Crippen LogP contribution is -2.14. The van der Waals surface area contributed by atoms with Gasteiger partial charge >= 0.3 is 0 Å². The van der Waals surface area contributed by atoms with E-state index >= 15 is 0 Å². The first-order chi connectivity index (χ1) is 13.6. The van der Waals surface area contributed by atoms with Crippen LogP contribution in [0.2, 0.25) is 0 Å². The molecule has 1 aromatic heterocycles. The molecule has 3 rings (SSSR count). The van der Waals surface area contributed by atoms with E-state index in [4.69, 9.17) is 4.74 Å². The molecular formula is C21H23N3O3S. The fourth-order valence-electron chi connectivity index (χ4n) is 2.67. The highest BCUT2D eigenvalue weighted by atomic mass is 32.2. The summed E-state index contributed by atoms with van der Waals surface area (Å²) in [4.78, 5) is 16.7. The van der Waals surface area contributed by atoms with Gasteiger partial charge in [-0.05, 0) is 24.6 Å². The minimum atomic E-state index is -0.134. The second-order valence-corrected chi connectivity index (χ2v) is 7.30. The van der Waals surface area contributed by atoms with Gasteiger partial charge in [0.25, 0.3) is 0 Å². The monoisotopic (exact) mass is 397 g/mol. The highest BCUT2D eigenvalue weighted by molar-refractivity contribution is 7.99. The maximum atomic E-state index is 12.3. The van der Waals surface area contributed by atoms with Crippen molar-refractivity contribution >= 4 is 23.4 Å². The number of rotatable bonds is 8. The molecule has 2 N–H and O–H groups in total. The van der Waals surface area contributed by atoms with Gasteiger partial charge in [-0.2, -0.15) is 0 Å². The number of aryl methyl sites for hydroxylation is 1. The number of carbonyl (C=O) groups is 1. The van der Waals surface area contributed by atoms with Crippen LogP contribution in [0.4, 0.5) is 5.69 Å². The van der Waals surface area contributed by atoms with Crippen molar-refractivity contribution in [2.75, 3.05) is 18.2 Å². The lowest BCUT2D eigenvalue weighted by Gasteiger charge is -2.09. The maximum absolute atomic E-state index is 12.3. The fraction of sp³-hybridized carbons (Fsp3) is 0.238. The summed E-state index contributed by atoms with van der Waals surface area (Å²) in [5.41, 5.74) is 3.61. The van der Waals surface area contributed by atoms with Crippen LogP contribution in [0.3, 0.4) is 0 Å². The molecule has 0 unspecified atom stereocenters. The van der Waals surface area contributed by atoms with E-state index in [1.54, 1.807) is 13.2 Å². The fourth-order valence-corrected chi connectivity index (χ4v) is 3.47. The van der Waals surface area contributed by atoms with Crippen LogP contribution >= 0.6 is 11.8 Å². The van der Waals surface area contributed by atoms with Crippen molar-refractivity contribution in [2.45, 2.75) is 25.2 Å². The van der Waals surface area contributed by atoms with Gasteiger partial charge in [-0.1, -0.05) is 47.7 Å². The molecule has 0 saturated carbocycles. The van der Waals surface area contributed by atoms with Crippen LogP contribution in [0.5, 0.6) is 5.75 Å². The van der Waals surface area contributed by atoms with E-state index in [9.17, 15) is 9.90 Å². The number of thioether (sulfide) groups is 1. The van der Waals surface area contributed by atoms with E-state index in [1.165, 1.54) is 17.3 Å². The molecule has 1 heterocycles. The van der Waals surface area contributed by atoms with Gasteiger partial charge in [0.2, 0.25) is 5.91 Å². The number of amides is 1. The predicted molar refractivity (Wildman–Crippen MR) is 111 cm³/mol. The van der Waals surface area contributed by atoms with Crippen molar-refractivity contribution in [3.63, 3.8) is 0 Å². The summed E-state index contributed by atoms with van der Waals surface area (Å²) in [5.74, 6) is 0.771. The quantitative estimate of drug-likeness (QED) is 0.569. The van der Waals surface area contributed by atoms with Crippen molar-refractivity contribution in [3.8, 4) is 5.75 Å². The molecule has 3 aromatic rings. The van der Waals surface area contributed by atoms with Gasteiger partial charge in [0, 0.05) is 24.5 Å². The highest BCUT2D eigenvalue weighted by Gasteiger charge is 2.12. The van der Waals surface area contributed by atoms with Crippen LogP contribution < -0.4 is 10.1 Å². The average molecular weight is 398 g/mol. The Hall–Kier alpha value is -2.77. The molecule has 0 atom stereocenters. The van der Waals surface area contributed by atoms with E-state index < -0.39 is 0 Å².